The minimum absolute atomic E-state index is 0.0635. The zero-order valence-corrected chi connectivity index (χ0v) is 27.4. The quantitative estimate of drug-likeness (QED) is 0.124. The molecule has 244 valence electrons. The van der Waals surface area contributed by atoms with Crippen molar-refractivity contribution < 1.29 is 19.2 Å². The normalized spacial score (nSPS) is 13.5. The van der Waals surface area contributed by atoms with E-state index in [0.29, 0.717) is 35.9 Å². The van der Waals surface area contributed by atoms with Crippen molar-refractivity contribution in [2.75, 3.05) is 17.2 Å². The van der Waals surface area contributed by atoms with Crippen molar-refractivity contribution in [3.8, 4) is 0 Å². The average molecular weight is 663 g/mol. The number of nitrogens with zero attached hydrogens (tertiary/aromatic N) is 3. The fourth-order valence-corrected chi connectivity index (χ4v) is 5.82. The summed E-state index contributed by atoms with van der Waals surface area (Å²) in [5.74, 6) is -0.768. The van der Waals surface area contributed by atoms with Crippen LogP contribution in [0.15, 0.2) is 104 Å². The number of aromatic nitrogens is 3. The van der Waals surface area contributed by atoms with Gasteiger partial charge in [-0.1, -0.05) is 56.5 Å². The van der Waals surface area contributed by atoms with Crippen LogP contribution in [-0.2, 0) is 22.7 Å². The van der Waals surface area contributed by atoms with Crippen LogP contribution in [0.4, 0.5) is 11.4 Å². The molecule has 3 N–H and O–H groups in total. The van der Waals surface area contributed by atoms with E-state index < -0.39 is 5.24 Å². The van der Waals surface area contributed by atoms with Crippen LogP contribution >= 0.6 is 11.6 Å². The zero-order chi connectivity index (χ0) is 34.4. The SMILES string of the molecule is C=CC(=O)Cl.C=CC(=O)Nc1ccc2c(Cn3nc(C(=O)Nc4cccc(C)c4)c4c3C(C)CN(C(=O)c3ccc[nH]3)C4)cccc2c1. The molecule has 1 aliphatic rings. The van der Waals surface area contributed by atoms with Crippen molar-refractivity contribution in [3.63, 3.8) is 0 Å². The van der Waals surface area contributed by atoms with E-state index in [-0.39, 0.29) is 30.2 Å². The molecule has 6 rings (SSSR count). The molecule has 1 atom stereocenters. The maximum Gasteiger partial charge on any atom is 0.276 e. The molecular weight excluding hydrogens is 628 g/mol. The lowest BCUT2D eigenvalue weighted by Gasteiger charge is -2.32. The van der Waals surface area contributed by atoms with Crippen LogP contribution in [-0.4, -0.2) is 49.2 Å². The monoisotopic (exact) mass is 662 g/mol. The Kier molecular flexibility index (Phi) is 10.4. The summed E-state index contributed by atoms with van der Waals surface area (Å²) in [4.78, 5) is 53.1. The van der Waals surface area contributed by atoms with Crippen molar-refractivity contribution in [1.29, 1.82) is 0 Å². The topological polar surface area (TPSA) is 129 Å². The minimum Gasteiger partial charge on any atom is -0.357 e. The number of benzene rings is 3. The second-order valence-corrected chi connectivity index (χ2v) is 11.8. The van der Waals surface area contributed by atoms with Crippen molar-refractivity contribution in [2.24, 2.45) is 0 Å². The van der Waals surface area contributed by atoms with E-state index in [1.165, 1.54) is 6.08 Å². The molecule has 48 heavy (non-hydrogen) atoms. The summed E-state index contributed by atoms with van der Waals surface area (Å²) in [7, 11) is 0. The van der Waals surface area contributed by atoms with Gasteiger partial charge in [-0.3, -0.25) is 23.9 Å². The van der Waals surface area contributed by atoms with Crippen LogP contribution in [0.25, 0.3) is 10.8 Å². The van der Waals surface area contributed by atoms with Crippen LogP contribution in [0.3, 0.4) is 0 Å². The van der Waals surface area contributed by atoms with E-state index in [1.807, 2.05) is 72.3 Å². The van der Waals surface area contributed by atoms with Gasteiger partial charge < -0.3 is 20.5 Å². The molecule has 0 aliphatic carbocycles. The number of rotatable bonds is 8. The second-order valence-electron chi connectivity index (χ2n) is 11.4. The first-order chi connectivity index (χ1) is 23.1. The number of fused-ring (bicyclic) bond motifs is 2. The third-order valence-corrected chi connectivity index (χ3v) is 8.07. The molecule has 3 heterocycles. The van der Waals surface area contributed by atoms with Crippen LogP contribution in [0.1, 0.15) is 56.2 Å². The first kappa shape index (κ1) is 33.6. The molecule has 10 nitrogen and oxygen atoms in total. The summed E-state index contributed by atoms with van der Waals surface area (Å²) in [6.45, 7) is 11.8. The lowest BCUT2D eigenvalue weighted by atomic mass is 9.95. The van der Waals surface area contributed by atoms with E-state index in [0.717, 1.165) is 39.2 Å². The smallest absolute Gasteiger partial charge is 0.276 e. The van der Waals surface area contributed by atoms with Crippen LogP contribution < -0.4 is 10.6 Å². The number of nitrogens with one attached hydrogen (secondary N) is 3. The zero-order valence-electron chi connectivity index (χ0n) is 26.6. The molecule has 0 radical (unpaired) electrons. The summed E-state index contributed by atoms with van der Waals surface area (Å²) in [6, 6.07) is 22.9. The number of H-pyrrole nitrogens is 1. The predicted octanol–water partition coefficient (Wildman–Crippen LogP) is 6.80. The third-order valence-electron chi connectivity index (χ3n) is 7.91. The molecule has 5 aromatic rings. The molecule has 2 aromatic heterocycles. The summed E-state index contributed by atoms with van der Waals surface area (Å²) in [5, 5.41) is 12.2. The Hall–Kier alpha value is -5.74. The number of aryl methyl sites for hydroxylation is 1. The highest BCUT2D eigenvalue weighted by atomic mass is 35.5. The molecule has 11 heteroatoms. The van der Waals surface area contributed by atoms with Crippen molar-refractivity contribution in [3.05, 3.63) is 138 Å². The number of aromatic amines is 1. The predicted molar refractivity (Wildman–Crippen MR) is 188 cm³/mol. The van der Waals surface area contributed by atoms with E-state index in [2.05, 4.69) is 35.7 Å². The van der Waals surface area contributed by atoms with Gasteiger partial charge in [-0.25, -0.2) is 0 Å². The van der Waals surface area contributed by atoms with E-state index in [1.54, 1.807) is 23.2 Å². The van der Waals surface area contributed by atoms with Gasteiger partial charge in [0.25, 0.3) is 11.8 Å². The van der Waals surface area contributed by atoms with Gasteiger partial charge in [-0.2, -0.15) is 5.10 Å². The molecule has 0 fully saturated rings. The summed E-state index contributed by atoms with van der Waals surface area (Å²) in [5.41, 5.74) is 5.92. The average Bonchev–Trinajstić information content (AvgIpc) is 3.74. The lowest BCUT2D eigenvalue weighted by Crippen LogP contribution is -2.38. The van der Waals surface area contributed by atoms with Gasteiger partial charge in [0.1, 0.15) is 5.69 Å². The summed E-state index contributed by atoms with van der Waals surface area (Å²) in [6.07, 6.45) is 4.01. The molecular formula is C37H35ClN6O4. The van der Waals surface area contributed by atoms with Gasteiger partial charge in [0.2, 0.25) is 11.1 Å². The van der Waals surface area contributed by atoms with Crippen molar-refractivity contribution in [2.45, 2.75) is 32.9 Å². The van der Waals surface area contributed by atoms with E-state index in [4.69, 9.17) is 16.7 Å². The maximum absolute atomic E-state index is 13.7. The fourth-order valence-electron chi connectivity index (χ4n) is 5.82. The van der Waals surface area contributed by atoms with Crippen molar-refractivity contribution >= 4 is 56.7 Å². The van der Waals surface area contributed by atoms with Crippen LogP contribution in [0, 0.1) is 6.92 Å². The molecule has 0 saturated carbocycles. The number of hydrogen-bond acceptors (Lipinski definition) is 5. The number of hydrogen-bond donors (Lipinski definition) is 3. The Morgan fingerprint density at radius 1 is 0.979 bits per heavy atom. The number of amides is 3. The number of halogens is 1. The Bertz CT molecular complexity index is 2030. The molecule has 3 amide bonds. The standard InChI is InChI=1S/C34H32N6O3.C3H3ClO/c1-4-30(41)36-26-13-14-27-23(17-26)9-6-10-24(27)19-40-32-22(3)18-39(34(43)29-12-7-15-35-29)20-28(32)31(38-40)33(42)37-25-11-5-8-21(2)16-25;1-2-3(4)5/h4-17,22,35H,1,18-20H2,2-3H3,(H,36,41)(H,37,42);2H,1H2. The third kappa shape index (κ3) is 7.62. The highest BCUT2D eigenvalue weighted by Gasteiger charge is 2.34. The largest absolute Gasteiger partial charge is 0.357 e. The summed E-state index contributed by atoms with van der Waals surface area (Å²) >= 11 is 4.71. The van der Waals surface area contributed by atoms with E-state index >= 15 is 0 Å². The van der Waals surface area contributed by atoms with Gasteiger partial charge in [0.05, 0.1) is 13.1 Å². The molecule has 1 aliphatic heterocycles. The molecule has 0 saturated heterocycles. The first-order valence-corrected chi connectivity index (χ1v) is 15.6. The minimum atomic E-state index is -0.509. The Morgan fingerprint density at radius 3 is 2.42 bits per heavy atom. The highest BCUT2D eigenvalue weighted by Crippen LogP contribution is 2.33. The highest BCUT2D eigenvalue weighted by molar-refractivity contribution is 6.66. The van der Waals surface area contributed by atoms with Gasteiger partial charge in [0, 0.05) is 41.3 Å². The molecule has 1 unspecified atom stereocenters. The lowest BCUT2D eigenvalue weighted by molar-refractivity contribution is -0.112. The van der Waals surface area contributed by atoms with Gasteiger partial charge in [-0.05, 0) is 89.0 Å². The van der Waals surface area contributed by atoms with Gasteiger partial charge in [-0.15, -0.1) is 0 Å². The van der Waals surface area contributed by atoms with Gasteiger partial charge in [0.15, 0.2) is 5.69 Å². The van der Waals surface area contributed by atoms with Crippen molar-refractivity contribution in [1.82, 2.24) is 19.7 Å². The fraction of sp³-hybridized carbons (Fsp3) is 0.162. The van der Waals surface area contributed by atoms with Gasteiger partial charge >= 0.3 is 0 Å². The molecule has 0 bridgehead atoms. The Balaban J connectivity index is 0.000000840. The number of carbonyl (C=O) groups is 4. The number of allylic oxidation sites excluding steroid dienone is 1. The maximum atomic E-state index is 13.7. The second kappa shape index (κ2) is 14.8. The van der Waals surface area contributed by atoms with E-state index in [9.17, 15) is 19.2 Å². The van der Waals surface area contributed by atoms with Crippen LogP contribution in [0.5, 0.6) is 0 Å². The number of anilines is 2. The Labute approximate surface area is 283 Å². The summed E-state index contributed by atoms with van der Waals surface area (Å²) < 4.78 is 1.91. The van der Waals surface area contributed by atoms with Crippen LogP contribution in [0.2, 0.25) is 0 Å². The number of carbonyl (C=O) groups excluding carboxylic acids is 4. The first-order valence-electron chi connectivity index (χ1n) is 15.2. The Morgan fingerprint density at radius 2 is 1.73 bits per heavy atom. The molecule has 0 spiro atoms. The molecule has 3 aromatic carbocycles.